The van der Waals surface area contributed by atoms with E-state index in [1.165, 1.54) is 38.5 Å². The lowest BCUT2D eigenvalue weighted by Crippen LogP contribution is -2.39. The predicted octanol–water partition coefficient (Wildman–Crippen LogP) is 4.99. The van der Waals surface area contributed by atoms with E-state index in [-0.39, 0.29) is 0 Å². The third kappa shape index (κ3) is 5.98. The molecule has 1 atom stereocenters. The summed E-state index contributed by atoms with van der Waals surface area (Å²) in [4.78, 5) is 14.4. The monoisotopic (exact) mass is 458 g/mol. The SMILES string of the molecule is C[C@H]1CCCCN1c1cc(N2CCCCC2)nc(NC(=S)NCc2ccc(Cl)cc2)n1. The molecule has 1 aromatic heterocycles. The zero-order valence-corrected chi connectivity index (χ0v) is 19.7. The molecule has 0 aliphatic carbocycles. The van der Waals surface area contributed by atoms with E-state index >= 15 is 0 Å². The first-order valence-corrected chi connectivity index (χ1v) is 12.1. The van der Waals surface area contributed by atoms with E-state index in [9.17, 15) is 0 Å². The molecule has 8 heteroatoms. The molecule has 0 spiro atoms. The van der Waals surface area contributed by atoms with E-state index < -0.39 is 0 Å². The van der Waals surface area contributed by atoms with Crippen LogP contribution in [0.3, 0.4) is 0 Å². The van der Waals surface area contributed by atoms with Gasteiger partial charge in [-0.3, -0.25) is 0 Å². The first kappa shape index (κ1) is 22.1. The smallest absolute Gasteiger partial charge is 0.232 e. The normalized spacial score (nSPS) is 19.2. The third-order valence-corrected chi connectivity index (χ3v) is 6.57. The second kappa shape index (κ2) is 10.5. The van der Waals surface area contributed by atoms with Crippen molar-refractivity contribution in [2.24, 2.45) is 0 Å². The predicted molar refractivity (Wildman–Crippen MR) is 133 cm³/mol. The summed E-state index contributed by atoms with van der Waals surface area (Å²) >= 11 is 11.5. The number of nitrogens with one attached hydrogen (secondary N) is 2. The Balaban J connectivity index is 1.49. The molecule has 1 aromatic carbocycles. The maximum atomic E-state index is 5.97. The molecule has 2 saturated heterocycles. The van der Waals surface area contributed by atoms with Crippen LogP contribution in [-0.2, 0) is 6.54 Å². The van der Waals surface area contributed by atoms with Crippen molar-refractivity contribution in [3.8, 4) is 0 Å². The van der Waals surface area contributed by atoms with Crippen LogP contribution in [0.2, 0.25) is 5.02 Å². The fourth-order valence-corrected chi connectivity index (χ4v) is 4.57. The molecule has 0 unspecified atom stereocenters. The second-order valence-electron chi connectivity index (χ2n) is 8.43. The van der Waals surface area contributed by atoms with Gasteiger partial charge >= 0.3 is 0 Å². The molecule has 2 aliphatic heterocycles. The number of hydrogen-bond acceptors (Lipinski definition) is 5. The summed E-state index contributed by atoms with van der Waals surface area (Å²) < 4.78 is 0. The first-order valence-electron chi connectivity index (χ1n) is 11.3. The molecule has 0 saturated carbocycles. The molecule has 6 nitrogen and oxygen atoms in total. The van der Waals surface area contributed by atoms with Crippen LogP contribution < -0.4 is 20.4 Å². The van der Waals surface area contributed by atoms with E-state index in [4.69, 9.17) is 33.8 Å². The van der Waals surface area contributed by atoms with Crippen LogP contribution in [0.1, 0.15) is 51.0 Å². The topological polar surface area (TPSA) is 56.3 Å². The standard InChI is InChI=1S/C23H31ClN6S/c1-17-7-3-6-14-30(17)21-15-20(29-12-4-2-5-13-29)26-22(27-21)28-23(31)25-16-18-8-10-19(24)11-9-18/h8-11,15,17H,2-7,12-14,16H2,1H3,(H2,25,26,27,28,31)/t17-/m0/s1. The van der Waals surface area contributed by atoms with Gasteiger partial charge in [-0.2, -0.15) is 9.97 Å². The van der Waals surface area contributed by atoms with Crippen molar-refractivity contribution in [3.63, 3.8) is 0 Å². The number of piperidine rings is 2. The molecule has 0 radical (unpaired) electrons. The van der Waals surface area contributed by atoms with E-state index in [2.05, 4.69) is 33.4 Å². The Morgan fingerprint density at radius 2 is 1.74 bits per heavy atom. The highest BCUT2D eigenvalue weighted by Crippen LogP contribution is 2.28. The Kier molecular flexibility index (Phi) is 7.45. The van der Waals surface area contributed by atoms with Gasteiger partial charge in [0.15, 0.2) is 5.11 Å². The minimum absolute atomic E-state index is 0.487. The highest BCUT2D eigenvalue weighted by Gasteiger charge is 2.23. The van der Waals surface area contributed by atoms with Gasteiger partial charge in [-0.1, -0.05) is 23.7 Å². The third-order valence-electron chi connectivity index (χ3n) is 6.07. The zero-order chi connectivity index (χ0) is 21.6. The van der Waals surface area contributed by atoms with Gasteiger partial charge < -0.3 is 20.4 Å². The largest absolute Gasteiger partial charge is 0.358 e. The minimum Gasteiger partial charge on any atom is -0.358 e. The number of benzene rings is 1. The van der Waals surface area contributed by atoms with Crippen molar-refractivity contribution in [3.05, 3.63) is 40.9 Å². The molecule has 2 N–H and O–H groups in total. The number of nitrogens with zero attached hydrogens (tertiary/aromatic N) is 4. The summed E-state index contributed by atoms with van der Waals surface area (Å²) in [6.07, 6.45) is 7.41. The molecule has 3 heterocycles. The van der Waals surface area contributed by atoms with Gasteiger partial charge in [0.05, 0.1) is 0 Å². The Labute approximate surface area is 195 Å². The summed E-state index contributed by atoms with van der Waals surface area (Å²) in [5, 5.41) is 7.71. The zero-order valence-electron chi connectivity index (χ0n) is 18.1. The Hall–Kier alpha value is -2.12. The summed E-state index contributed by atoms with van der Waals surface area (Å²) in [5.74, 6) is 2.54. The lowest BCUT2D eigenvalue weighted by Gasteiger charge is -2.35. The van der Waals surface area contributed by atoms with Crippen LogP contribution in [0.25, 0.3) is 0 Å². The maximum absolute atomic E-state index is 5.97. The Morgan fingerprint density at radius 3 is 2.48 bits per heavy atom. The highest BCUT2D eigenvalue weighted by atomic mass is 35.5. The van der Waals surface area contributed by atoms with Crippen molar-refractivity contribution in [2.75, 3.05) is 34.8 Å². The molecule has 0 amide bonds. The minimum atomic E-state index is 0.487. The summed E-state index contributed by atoms with van der Waals surface area (Å²) in [5.41, 5.74) is 1.11. The van der Waals surface area contributed by atoms with Crippen LogP contribution in [0, 0.1) is 0 Å². The van der Waals surface area contributed by atoms with Crippen molar-refractivity contribution in [1.29, 1.82) is 0 Å². The van der Waals surface area contributed by atoms with E-state index in [0.29, 0.717) is 23.6 Å². The van der Waals surface area contributed by atoms with Crippen molar-refractivity contribution in [1.82, 2.24) is 15.3 Å². The molecular formula is C23H31ClN6S. The van der Waals surface area contributed by atoms with Crippen LogP contribution in [0.15, 0.2) is 30.3 Å². The number of hydrogen-bond donors (Lipinski definition) is 2. The van der Waals surface area contributed by atoms with Crippen molar-refractivity contribution >= 4 is 46.5 Å². The van der Waals surface area contributed by atoms with Gasteiger partial charge in [-0.25, -0.2) is 0 Å². The quantitative estimate of drug-likeness (QED) is 0.612. The van der Waals surface area contributed by atoms with Crippen LogP contribution in [0.4, 0.5) is 17.6 Å². The molecule has 166 valence electrons. The van der Waals surface area contributed by atoms with Crippen LogP contribution in [-0.4, -0.2) is 40.8 Å². The lowest BCUT2D eigenvalue weighted by molar-refractivity contribution is 0.481. The summed E-state index contributed by atoms with van der Waals surface area (Å²) in [6.45, 7) is 6.03. The van der Waals surface area contributed by atoms with Gasteiger partial charge in [0.25, 0.3) is 0 Å². The molecule has 2 aliphatic rings. The van der Waals surface area contributed by atoms with Gasteiger partial charge in [-0.05, 0) is 75.4 Å². The van der Waals surface area contributed by atoms with Crippen molar-refractivity contribution in [2.45, 2.75) is 58.0 Å². The molecule has 2 aromatic rings. The van der Waals surface area contributed by atoms with E-state index in [1.54, 1.807) is 0 Å². The number of rotatable bonds is 5. The van der Waals surface area contributed by atoms with Gasteiger partial charge in [0, 0.05) is 43.3 Å². The van der Waals surface area contributed by atoms with E-state index in [1.807, 2.05) is 24.3 Å². The summed E-state index contributed by atoms with van der Waals surface area (Å²) in [6, 6.07) is 10.4. The average Bonchev–Trinajstić information content (AvgIpc) is 2.79. The number of aromatic nitrogens is 2. The molecular weight excluding hydrogens is 428 g/mol. The average molecular weight is 459 g/mol. The number of anilines is 3. The van der Waals surface area contributed by atoms with E-state index in [0.717, 1.165) is 41.9 Å². The Bertz CT molecular complexity index is 884. The number of halogens is 1. The fraction of sp³-hybridized carbons (Fsp3) is 0.522. The molecule has 4 rings (SSSR count). The van der Waals surface area contributed by atoms with Crippen molar-refractivity contribution < 1.29 is 0 Å². The molecule has 31 heavy (non-hydrogen) atoms. The first-order chi connectivity index (χ1) is 15.1. The Morgan fingerprint density at radius 1 is 1.03 bits per heavy atom. The molecule has 0 bridgehead atoms. The highest BCUT2D eigenvalue weighted by molar-refractivity contribution is 7.80. The fourth-order valence-electron chi connectivity index (χ4n) is 4.28. The van der Waals surface area contributed by atoms with Crippen LogP contribution >= 0.6 is 23.8 Å². The van der Waals surface area contributed by atoms with Gasteiger partial charge in [0.2, 0.25) is 5.95 Å². The van der Waals surface area contributed by atoms with Crippen LogP contribution in [0.5, 0.6) is 0 Å². The van der Waals surface area contributed by atoms with Gasteiger partial charge in [0.1, 0.15) is 11.6 Å². The summed E-state index contributed by atoms with van der Waals surface area (Å²) in [7, 11) is 0. The lowest BCUT2D eigenvalue weighted by atomic mass is 10.0. The second-order valence-corrected chi connectivity index (χ2v) is 9.27. The van der Waals surface area contributed by atoms with Gasteiger partial charge in [-0.15, -0.1) is 0 Å². The maximum Gasteiger partial charge on any atom is 0.232 e. The number of thiocarbonyl (C=S) groups is 1. The molecule has 2 fully saturated rings.